The zero-order valence-corrected chi connectivity index (χ0v) is 23.3. The molecule has 1 atom stereocenters. The molecule has 0 aliphatic carbocycles. The average molecular weight is 551 g/mol. The number of likely N-dealkylation sites (N-methyl/N-ethyl adjacent to an activating group) is 1. The molecule has 2 N–H and O–H groups in total. The Morgan fingerprint density at radius 2 is 2.00 bits per heavy atom. The van der Waals surface area contributed by atoms with Crippen molar-refractivity contribution >= 4 is 17.4 Å². The minimum absolute atomic E-state index is 0.132. The molecular weight excluding hydrogens is 520 g/mol. The van der Waals surface area contributed by atoms with E-state index in [-0.39, 0.29) is 6.61 Å². The van der Waals surface area contributed by atoms with Crippen LogP contribution in [0.4, 0.5) is 5.82 Å². The summed E-state index contributed by atoms with van der Waals surface area (Å²) in [5.74, 6) is 3.21. The number of ether oxygens (including phenoxy) is 2. The van der Waals surface area contributed by atoms with Crippen molar-refractivity contribution in [1.29, 1.82) is 0 Å². The SMILES string of the molecule is CNC[C@@H](O)COc1ccc(Cl)c(-c2nc(-c3c(C)noc3C)c(C)c(N3Cc4nccc(OC)c4C3)n2)c1. The summed E-state index contributed by atoms with van der Waals surface area (Å²) >= 11 is 6.68. The van der Waals surface area contributed by atoms with Gasteiger partial charge in [-0.25, -0.2) is 9.97 Å². The zero-order chi connectivity index (χ0) is 27.7. The van der Waals surface area contributed by atoms with Gasteiger partial charge in [-0.3, -0.25) is 4.98 Å². The third-order valence-electron chi connectivity index (χ3n) is 6.76. The lowest BCUT2D eigenvalue weighted by molar-refractivity contribution is 0.108. The molecule has 39 heavy (non-hydrogen) atoms. The minimum atomic E-state index is -0.648. The van der Waals surface area contributed by atoms with Gasteiger partial charge in [-0.1, -0.05) is 16.8 Å². The summed E-state index contributed by atoms with van der Waals surface area (Å²) < 4.78 is 16.9. The topological polar surface area (TPSA) is 119 Å². The van der Waals surface area contributed by atoms with Gasteiger partial charge in [0.25, 0.3) is 0 Å². The highest BCUT2D eigenvalue weighted by molar-refractivity contribution is 6.33. The van der Waals surface area contributed by atoms with E-state index in [1.54, 1.807) is 38.6 Å². The molecule has 4 heterocycles. The lowest BCUT2D eigenvalue weighted by atomic mass is 10.0. The molecule has 1 aliphatic rings. The van der Waals surface area contributed by atoms with E-state index in [9.17, 15) is 5.11 Å². The first-order valence-electron chi connectivity index (χ1n) is 12.6. The molecule has 204 valence electrons. The Hall–Kier alpha value is -3.73. The highest BCUT2D eigenvalue weighted by Crippen LogP contribution is 2.40. The standard InChI is InChI=1S/C28H31ClN6O4/c1-15-26(25-16(2)34-39-17(25)3)32-27(20-10-19(6-7-22(20)29)38-14-18(36)11-30-4)33-28(15)35-12-21-23(13-35)31-9-8-24(21)37-5/h6-10,18,30,36H,11-14H2,1-5H3/t18-/m1/s1. The first-order chi connectivity index (χ1) is 18.8. The summed E-state index contributed by atoms with van der Waals surface area (Å²) in [6.07, 6.45) is 1.11. The van der Waals surface area contributed by atoms with E-state index in [1.165, 1.54) is 0 Å². The zero-order valence-electron chi connectivity index (χ0n) is 22.6. The predicted octanol–water partition coefficient (Wildman–Crippen LogP) is 4.26. The van der Waals surface area contributed by atoms with Crippen molar-refractivity contribution < 1.29 is 19.1 Å². The van der Waals surface area contributed by atoms with Gasteiger partial charge in [0.15, 0.2) is 5.82 Å². The third kappa shape index (κ3) is 5.27. The van der Waals surface area contributed by atoms with E-state index >= 15 is 0 Å². The molecule has 0 radical (unpaired) electrons. The minimum Gasteiger partial charge on any atom is -0.496 e. The van der Waals surface area contributed by atoms with Crippen molar-refractivity contribution in [2.75, 3.05) is 32.2 Å². The van der Waals surface area contributed by atoms with Crippen LogP contribution < -0.4 is 19.7 Å². The monoisotopic (exact) mass is 550 g/mol. The Kier molecular flexibility index (Phi) is 7.69. The van der Waals surface area contributed by atoms with Gasteiger partial charge in [-0.05, 0) is 52.1 Å². The number of methoxy groups -OCH3 is 1. The molecule has 1 aliphatic heterocycles. The highest BCUT2D eigenvalue weighted by atomic mass is 35.5. The maximum absolute atomic E-state index is 10.1. The molecule has 0 amide bonds. The van der Waals surface area contributed by atoms with Crippen molar-refractivity contribution in [3.8, 4) is 34.1 Å². The quantitative estimate of drug-likeness (QED) is 0.313. The summed E-state index contributed by atoms with van der Waals surface area (Å²) in [5, 5.41) is 17.6. The Balaban J connectivity index is 1.61. The number of nitrogens with zero attached hydrogens (tertiary/aromatic N) is 5. The normalized spacial score (nSPS) is 13.5. The van der Waals surface area contributed by atoms with Crippen LogP contribution in [0, 0.1) is 20.8 Å². The van der Waals surface area contributed by atoms with E-state index in [0.29, 0.717) is 53.2 Å². The van der Waals surface area contributed by atoms with Crippen LogP contribution in [-0.4, -0.2) is 58.6 Å². The Morgan fingerprint density at radius 1 is 1.18 bits per heavy atom. The number of rotatable bonds is 9. The van der Waals surface area contributed by atoms with Crippen molar-refractivity contribution in [3.63, 3.8) is 0 Å². The first kappa shape index (κ1) is 26.9. The molecular formula is C28H31ClN6O4. The van der Waals surface area contributed by atoms with E-state index in [0.717, 1.165) is 39.6 Å². The molecule has 10 nitrogen and oxygen atoms in total. The van der Waals surface area contributed by atoms with E-state index in [4.69, 9.17) is 35.6 Å². The number of aliphatic hydroxyl groups excluding tert-OH is 1. The summed E-state index contributed by atoms with van der Waals surface area (Å²) in [4.78, 5) is 16.7. The number of hydrogen-bond acceptors (Lipinski definition) is 10. The van der Waals surface area contributed by atoms with Crippen LogP contribution in [0.15, 0.2) is 35.0 Å². The van der Waals surface area contributed by atoms with Gasteiger partial charge in [-0.2, -0.15) is 0 Å². The van der Waals surface area contributed by atoms with Gasteiger partial charge in [0.2, 0.25) is 0 Å². The number of halogens is 1. The van der Waals surface area contributed by atoms with Crippen LogP contribution in [0.1, 0.15) is 28.3 Å². The van der Waals surface area contributed by atoms with Crippen molar-refractivity contribution in [1.82, 2.24) is 25.4 Å². The lowest BCUT2D eigenvalue weighted by Crippen LogP contribution is -2.29. The van der Waals surface area contributed by atoms with Crippen LogP contribution >= 0.6 is 11.6 Å². The van der Waals surface area contributed by atoms with Crippen LogP contribution in [0.2, 0.25) is 5.02 Å². The van der Waals surface area contributed by atoms with E-state index in [2.05, 4.69) is 20.4 Å². The molecule has 3 aromatic heterocycles. The molecule has 0 spiro atoms. The molecule has 0 fully saturated rings. The fourth-order valence-corrected chi connectivity index (χ4v) is 5.04. The summed E-state index contributed by atoms with van der Waals surface area (Å²) in [6, 6.07) is 7.17. The summed E-state index contributed by atoms with van der Waals surface area (Å²) in [7, 11) is 3.44. The second-order valence-electron chi connectivity index (χ2n) is 9.50. The van der Waals surface area contributed by atoms with Gasteiger partial charge in [-0.15, -0.1) is 0 Å². The number of anilines is 1. The van der Waals surface area contributed by atoms with Gasteiger partial charge >= 0.3 is 0 Å². The lowest BCUT2D eigenvalue weighted by Gasteiger charge is -2.22. The molecule has 1 aromatic carbocycles. The number of nitrogens with one attached hydrogen (secondary N) is 1. The van der Waals surface area contributed by atoms with Crippen molar-refractivity contribution in [2.24, 2.45) is 0 Å². The predicted molar refractivity (Wildman–Crippen MR) is 148 cm³/mol. The average Bonchev–Trinajstić information content (AvgIpc) is 3.51. The largest absolute Gasteiger partial charge is 0.496 e. The van der Waals surface area contributed by atoms with Crippen molar-refractivity contribution in [2.45, 2.75) is 40.0 Å². The molecule has 5 rings (SSSR count). The van der Waals surface area contributed by atoms with E-state index in [1.807, 2.05) is 26.8 Å². The van der Waals surface area contributed by atoms with Gasteiger partial charge < -0.3 is 29.3 Å². The molecule has 0 saturated heterocycles. The van der Waals surface area contributed by atoms with Gasteiger partial charge in [0.1, 0.15) is 35.8 Å². The van der Waals surface area contributed by atoms with Crippen LogP contribution in [0.5, 0.6) is 11.5 Å². The summed E-state index contributed by atoms with van der Waals surface area (Å²) in [5.41, 5.74) is 5.75. The maximum atomic E-state index is 10.1. The molecule has 4 aromatic rings. The van der Waals surface area contributed by atoms with Crippen molar-refractivity contribution in [3.05, 3.63) is 63.8 Å². The fourth-order valence-electron chi connectivity index (χ4n) is 4.84. The fraction of sp³-hybridized carbons (Fsp3) is 0.357. The molecule has 11 heteroatoms. The third-order valence-corrected chi connectivity index (χ3v) is 7.09. The van der Waals surface area contributed by atoms with Crippen LogP contribution in [-0.2, 0) is 13.1 Å². The Morgan fingerprint density at radius 3 is 2.72 bits per heavy atom. The van der Waals surface area contributed by atoms with E-state index < -0.39 is 6.10 Å². The number of aromatic nitrogens is 4. The number of pyridine rings is 1. The second kappa shape index (κ2) is 11.2. The molecule has 0 bridgehead atoms. The number of hydrogen-bond donors (Lipinski definition) is 2. The number of benzene rings is 1. The summed E-state index contributed by atoms with van der Waals surface area (Å²) in [6.45, 7) is 7.48. The second-order valence-corrected chi connectivity index (χ2v) is 9.91. The Labute approximate surface area is 232 Å². The van der Waals surface area contributed by atoms with Crippen LogP contribution in [0.25, 0.3) is 22.6 Å². The van der Waals surface area contributed by atoms with Gasteiger partial charge in [0, 0.05) is 29.4 Å². The Bertz CT molecular complexity index is 1490. The number of aliphatic hydroxyl groups is 1. The number of fused-ring (bicyclic) bond motifs is 1. The first-order valence-corrected chi connectivity index (χ1v) is 13.0. The van der Waals surface area contributed by atoms with Crippen LogP contribution in [0.3, 0.4) is 0 Å². The smallest absolute Gasteiger partial charge is 0.163 e. The molecule has 0 saturated carbocycles. The van der Waals surface area contributed by atoms with Gasteiger partial charge in [0.05, 0.1) is 47.9 Å². The maximum Gasteiger partial charge on any atom is 0.163 e. The molecule has 0 unspecified atom stereocenters. The number of aryl methyl sites for hydroxylation is 2. The highest BCUT2D eigenvalue weighted by Gasteiger charge is 2.29.